The van der Waals surface area contributed by atoms with Crippen molar-refractivity contribution in [3.63, 3.8) is 0 Å². The van der Waals surface area contributed by atoms with Crippen molar-refractivity contribution in [1.82, 2.24) is 20.0 Å². The summed E-state index contributed by atoms with van der Waals surface area (Å²) in [6.07, 6.45) is 6.42. The molecule has 0 bridgehead atoms. The van der Waals surface area contributed by atoms with Crippen LogP contribution in [0.3, 0.4) is 0 Å². The Hall–Kier alpha value is -0.850. The Balaban J connectivity index is 1.22. The van der Waals surface area contributed by atoms with E-state index < -0.39 is 0 Å². The molecule has 3 aliphatic heterocycles. The van der Waals surface area contributed by atoms with Crippen molar-refractivity contribution in [2.75, 3.05) is 65.5 Å². The maximum atomic E-state index is 12.4. The molecular formula is C21H40N4O2. The summed E-state index contributed by atoms with van der Waals surface area (Å²) in [6.45, 7) is 14.8. The van der Waals surface area contributed by atoms with Crippen molar-refractivity contribution in [3.8, 4) is 0 Å². The molecule has 1 N–H and O–H groups in total. The first kappa shape index (κ1) is 20.9. The predicted octanol–water partition coefficient (Wildman–Crippen LogP) is 2.25. The van der Waals surface area contributed by atoms with E-state index in [2.05, 4.69) is 29.0 Å². The highest BCUT2D eigenvalue weighted by Crippen LogP contribution is 2.21. The number of unbranched alkanes of at least 4 members (excludes halogenated alkanes) is 1. The van der Waals surface area contributed by atoms with Gasteiger partial charge in [0.25, 0.3) is 0 Å². The van der Waals surface area contributed by atoms with Crippen LogP contribution in [0.5, 0.6) is 0 Å². The average Bonchev–Trinajstić information content (AvgIpc) is 3.14. The number of amides is 2. The fourth-order valence-corrected chi connectivity index (χ4v) is 4.95. The third-order valence-electron chi connectivity index (χ3n) is 6.27. The van der Waals surface area contributed by atoms with Gasteiger partial charge in [-0.3, -0.25) is 4.90 Å². The summed E-state index contributed by atoms with van der Waals surface area (Å²) in [5.41, 5.74) is 0. The number of hydrogen-bond acceptors (Lipinski definition) is 4. The summed E-state index contributed by atoms with van der Waals surface area (Å²) < 4.78 is 5.72. The number of likely N-dealkylation sites (tertiary alicyclic amines) is 1. The Kier molecular flexibility index (Phi) is 8.22. The quantitative estimate of drug-likeness (QED) is 0.688. The average molecular weight is 381 g/mol. The zero-order chi connectivity index (χ0) is 19.1. The molecule has 27 heavy (non-hydrogen) atoms. The van der Waals surface area contributed by atoms with E-state index in [-0.39, 0.29) is 6.03 Å². The summed E-state index contributed by atoms with van der Waals surface area (Å²) in [7, 11) is 0. The molecule has 3 rings (SSSR count). The molecule has 0 aliphatic carbocycles. The summed E-state index contributed by atoms with van der Waals surface area (Å²) in [5.74, 6) is 1.65. The third kappa shape index (κ3) is 6.91. The molecule has 3 heterocycles. The largest absolute Gasteiger partial charge is 0.377 e. The van der Waals surface area contributed by atoms with E-state index in [1.807, 2.05) is 4.90 Å². The van der Waals surface area contributed by atoms with Gasteiger partial charge in [-0.05, 0) is 50.5 Å². The van der Waals surface area contributed by atoms with Gasteiger partial charge in [-0.15, -0.1) is 0 Å². The van der Waals surface area contributed by atoms with Gasteiger partial charge >= 0.3 is 6.03 Å². The van der Waals surface area contributed by atoms with Crippen LogP contribution in [-0.2, 0) is 4.74 Å². The minimum Gasteiger partial charge on any atom is -0.377 e. The van der Waals surface area contributed by atoms with Gasteiger partial charge in [0.05, 0.1) is 6.10 Å². The maximum absolute atomic E-state index is 12.4. The second-order valence-corrected chi connectivity index (χ2v) is 9.07. The van der Waals surface area contributed by atoms with Crippen LogP contribution in [0.25, 0.3) is 0 Å². The van der Waals surface area contributed by atoms with Crippen LogP contribution in [0.15, 0.2) is 0 Å². The van der Waals surface area contributed by atoms with Gasteiger partial charge in [0.15, 0.2) is 0 Å². The molecule has 0 saturated carbocycles. The number of urea groups is 1. The van der Waals surface area contributed by atoms with Gasteiger partial charge in [-0.2, -0.15) is 0 Å². The second-order valence-electron chi connectivity index (χ2n) is 9.07. The lowest BCUT2D eigenvalue weighted by Crippen LogP contribution is -2.53. The van der Waals surface area contributed by atoms with Gasteiger partial charge in [0.2, 0.25) is 0 Å². The van der Waals surface area contributed by atoms with Crippen LogP contribution in [-0.4, -0.2) is 92.3 Å². The van der Waals surface area contributed by atoms with Gasteiger partial charge in [-0.1, -0.05) is 13.8 Å². The van der Waals surface area contributed by atoms with Crippen molar-refractivity contribution in [3.05, 3.63) is 0 Å². The van der Waals surface area contributed by atoms with Crippen LogP contribution >= 0.6 is 0 Å². The molecule has 3 fully saturated rings. The van der Waals surface area contributed by atoms with Crippen molar-refractivity contribution in [2.45, 2.75) is 52.1 Å². The molecule has 3 saturated heterocycles. The number of carbonyl (C=O) groups excluding carboxylic acids is 1. The third-order valence-corrected chi connectivity index (χ3v) is 6.27. The number of carbonyl (C=O) groups is 1. The van der Waals surface area contributed by atoms with E-state index in [0.29, 0.717) is 6.10 Å². The van der Waals surface area contributed by atoms with Crippen LogP contribution < -0.4 is 5.32 Å². The number of rotatable bonds is 7. The molecule has 2 amide bonds. The van der Waals surface area contributed by atoms with E-state index in [0.717, 1.165) is 64.1 Å². The highest BCUT2D eigenvalue weighted by atomic mass is 16.5. The van der Waals surface area contributed by atoms with Gasteiger partial charge in [0.1, 0.15) is 0 Å². The maximum Gasteiger partial charge on any atom is 0.317 e. The Morgan fingerprint density at radius 2 is 1.78 bits per heavy atom. The van der Waals surface area contributed by atoms with E-state index in [1.165, 1.54) is 45.3 Å². The summed E-state index contributed by atoms with van der Waals surface area (Å²) in [6, 6.07) is 0.118. The highest BCUT2D eigenvalue weighted by Gasteiger charge is 2.25. The molecule has 0 aromatic carbocycles. The molecule has 0 aromatic rings. The van der Waals surface area contributed by atoms with Crippen LogP contribution in [0, 0.1) is 11.8 Å². The van der Waals surface area contributed by atoms with Gasteiger partial charge in [0, 0.05) is 59.0 Å². The fourth-order valence-electron chi connectivity index (χ4n) is 4.95. The molecule has 0 aromatic heterocycles. The Labute approximate surface area is 165 Å². The Morgan fingerprint density at radius 3 is 2.44 bits per heavy atom. The summed E-state index contributed by atoms with van der Waals surface area (Å²) >= 11 is 0. The van der Waals surface area contributed by atoms with E-state index in [9.17, 15) is 4.79 Å². The molecule has 6 nitrogen and oxygen atoms in total. The standard InChI is InChI=1S/C21H40N4O2/c1-18-14-19(2)16-24(15-18)8-4-3-7-22-21(26)25-11-9-23(10-12-25)17-20-6-5-13-27-20/h18-20H,3-17H2,1-2H3,(H,22,26). The lowest BCUT2D eigenvalue weighted by atomic mass is 9.92. The van der Waals surface area contributed by atoms with Gasteiger partial charge < -0.3 is 19.9 Å². The molecule has 156 valence electrons. The number of piperidine rings is 1. The lowest BCUT2D eigenvalue weighted by Gasteiger charge is -2.35. The van der Waals surface area contributed by atoms with Crippen LogP contribution in [0.4, 0.5) is 4.79 Å². The highest BCUT2D eigenvalue weighted by molar-refractivity contribution is 5.74. The number of piperazine rings is 1. The minimum absolute atomic E-state index is 0.118. The first-order valence-corrected chi connectivity index (χ1v) is 11.2. The zero-order valence-corrected chi connectivity index (χ0v) is 17.5. The summed E-state index contributed by atoms with van der Waals surface area (Å²) in [5, 5.41) is 3.12. The van der Waals surface area contributed by atoms with Crippen molar-refractivity contribution in [1.29, 1.82) is 0 Å². The molecule has 0 spiro atoms. The fraction of sp³-hybridized carbons (Fsp3) is 0.952. The SMILES string of the molecule is CC1CC(C)CN(CCCCNC(=O)N2CCN(CC3CCCO3)CC2)C1. The monoisotopic (exact) mass is 380 g/mol. The van der Waals surface area contributed by atoms with Crippen molar-refractivity contribution >= 4 is 6.03 Å². The molecule has 6 heteroatoms. The summed E-state index contributed by atoms with van der Waals surface area (Å²) in [4.78, 5) is 19.4. The van der Waals surface area contributed by atoms with Crippen molar-refractivity contribution in [2.24, 2.45) is 11.8 Å². The second kappa shape index (κ2) is 10.6. The van der Waals surface area contributed by atoms with Gasteiger partial charge in [-0.25, -0.2) is 4.79 Å². The molecular weight excluding hydrogens is 340 g/mol. The number of hydrogen-bond donors (Lipinski definition) is 1. The first-order valence-electron chi connectivity index (χ1n) is 11.2. The lowest BCUT2D eigenvalue weighted by molar-refractivity contribution is 0.0561. The number of nitrogens with zero attached hydrogens (tertiary/aromatic N) is 3. The van der Waals surface area contributed by atoms with Crippen LogP contribution in [0.1, 0.15) is 46.0 Å². The predicted molar refractivity (Wildman–Crippen MR) is 109 cm³/mol. The zero-order valence-electron chi connectivity index (χ0n) is 17.5. The molecule has 3 aliphatic rings. The molecule has 3 unspecified atom stereocenters. The Bertz CT molecular complexity index is 437. The molecule has 0 radical (unpaired) electrons. The van der Waals surface area contributed by atoms with E-state index >= 15 is 0 Å². The van der Waals surface area contributed by atoms with E-state index in [1.54, 1.807) is 0 Å². The van der Waals surface area contributed by atoms with Crippen LogP contribution in [0.2, 0.25) is 0 Å². The number of nitrogens with one attached hydrogen (secondary N) is 1. The first-order chi connectivity index (χ1) is 13.1. The Morgan fingerprint density at radius 1 is 1.04 bits per heavy atom. The smallest absolute Gasteiger partial charge is 0.317 e. The minimum atomic E-state index is 0.118. The number of ether oxygens (including phenoxy) is 1. The van der Waals surface area contributed by atoms with Crippen molar-refractivity contribution < 1.29 is 9.53 Å². The molecule has 3 atom stereocenters. The topological polar surface area (TPSA) is 48.1 Å². The normalized spacial score (nSPS) is 30.6. The van der Waals surface area contributed by atoms with E-state index in [4.69, 9.17) is 4.74 Å².